The zero-order valence-electron chi connectivity index (χ0n) is 48.3. The van der Waals surface area contributed by atoms with Crippen LogP contribution in [0.5, 0.6) is 0 Å². The van der Waals surface area contributed by atoms with Crippen molar-refractivity contribution in [3.8, 4) is 12.1 Å². The number of pyridine rings is 4. The van der Waals surface area contributed by atoms with Gasteiger partial charge in [-0.2, -0.15) is 10.5 Å². The second-order valence-electron chi connectivity index (χ2n) is 22.0. The summed E-state index contributed by atoms with van der Waals surface area (Å²) in [7, 11) is -7.64. The molecule has 23 heteroatoms. The Hall–Kier alpha value is -8.06. The lowest BCUT2D eigenvalue weighted by Crippen LogP contribution is -2.50. The number of para-hydroxylation sites is 2. The number of nitrogens with two attached hydrogens (primary N) is 2. The predicted molar refractivity (Wildman–Crippen MR) is 323 cm³/mol. The van der Waals surface area contributed by atoms with E-state index in [-0.39, 0.29) is 21.4 Å². The number of carboxylic acid groups (broad SMARTS) is 1. The van der Waals surface area contributed by atoms with Crippen LogP contribution in [-0.4, -0.2) is 137 Å². The zero-order chi connectivity index (χ0) is 60.3. The molecule has 21 nitrogen and oxygen atoms in total. The van der Waals surface area contributed by atoms with Gasteiger partial charge in [0, 0.05) is 102 Å². The number of benzene rings is 2. The van der Waals surface area contributed by atoms with Crippen molar-refractivity contribution >= 4 is 54.9 Å². The summed E-state index contributed by atoms with van der Waals surface area (Å²) in [5.41, 5.74) is 9.61. The smallest absolute Gasteiger partial charge is 0.354 e. The summed E-state index contributed by atoms with van der Waals surface area (Å²) < 4.78 is 47.0. The molecule has 10 rings (SSSR count). The van der Waals surface area contributed by atoms with E-state index in [2.05, 4.69) is 55.2 Å². The molecule has 6 N–H and O–H groups in total. The van der Waals surface area contributed by atoms with E-state index in [1.807, 2.05) is 85.2 Å². The standard InChI is InChI=1S/C30H35N7O3S.C21H23N3O2.C10H16N4O2S/c1-21-18-22(2)28(30(38)37-16-14-36(15-17-37)29-27(41(32,39)40)8-5-11-33-29)34-25(21)19-23-9-12-35(13-10-23)26-7-4-3-6-24(26)20-31;1-14-11-15(2)20(21(25)26)23-18(14)12-16-7-9-24(10-8-16)19-6-4-3-5-17(19)13-22;1-8-7-14(6-5-12-8)10-9(17(11,15)16)3-2-4-13-10/h3-8,11,18,23H,9-10,12-17,19H2,1-2H3,(H2,32,39,40);3-6,11,16H,7-10,12H2,1-2H3,(H,25,26);2-4,8,12H,5-7H2,1H3,(H2,11,15,16)/t;;8-/m..0/s1. The Kier molecular flexibility index (Phi) is 20.3. The number of anilines is 4. The Morgan fingerprint density at radius 3 is 1.48 bits per heavy atom. The number of aryl methyl sites for hydroxylation is 4. The van der Waals surface area contributed by atoms with Crippen molar-refractivity contribution in [2.75, 3.05) is 91.6 Å². The van der Waals surface area contributed by atoms with Crippen LogP contribution < -0.4 is 35.2 Å². The molecular weight excluding hydrogens is 1100 g/mol. The summed E-state index contributed by atoms with van der Waals surface area (Å²) in [6.07, 6.45) is 8.74. The van der Waals surface area contributed by atoms with Crippen LogP contribution in [0.4, 0.5) is 23.0 Å². The first-order chi connectivity index (χ1) is 40.1. The number of nitrogens with zero attached hydrogens (tertiary/aromatic N) is 11. The maximum atomic E-state index is 13.6. The topological polar surface area (TPSA) is 302 Å². The van der Waals surface area contributed by atoms with Gasteiger partial charge in [-0.3, -0.25) is 4.79 Å². The Balaban J connectivity index is 0.000000182. The van der Waals surface area contributed by atoms with Gasteiger partial charge < -0.3 is 34.9 Å². The largest absolute Gasteiger partial charge is 0.477 e. The molecule has 6 aromatic rings. The van der Waals surface area contributed by atoms with E-state index >= 15 is 0 Å². The molecule has 4 aliphatic heterocycles. The van der Waals surface area contributed by atoms with E-state index in [0.29, 0.717) is 78.1 Å². The lowest BCUT2D eigenvalue weighted by Gasteiger charge is -2.36. The van der Waals surface area contributed by atoms with Gasteiger partial charge in [-0.1, -0.05) is 36.4 Å². The second kappa shape index (κ2) is 27.6. The highest BCUT2D eigenvalue weighted by Crippen LogP contribution is 2.32. The lowest BCUT2D eigenvalue weighted by atomic mass is 9.90. The van der Waals surface area contributed by atoms with Crippen LogP contribution >= 0.6 is 0 Å². The summed E-state index contributed by atoms with van der Waals surface area (Å²) in [5, 5.41) is 41.9. The van der Waals surface area contributed by atoms with Crippen molar-refractivity contribution in [3.05, 3.63) is 153 Å². The molecule has 4 saturated heterocycles. The third-order valence-corrected chi connectivity index (χ3v) is 17.9. The normalized spacial score (nSPS) is 17.0. The molecule has 1 atom stereocenters. The van der Waals surface area contributed by atoms with Gasteiger partial charge >= 0.3 is 5.97 Å². The molecule has 0 radical (unpaired) electrons. The summed E-state index contributed by atoms with van der Waals surface area (Å²) >= 11 is 0. The van der Waals surface area contributed by atoms with E-state index in [0.717, 1.165) is 124 Å². The van der Waals surface area contributed by atoms with Gasteiger partial charge in [-0.15, -0.1) is 0 Å². The summed E-state index contributed by atoms with van der Waals surface area (Å²) in [6, 6.07) is 30.4. The van der Waals surface area contributed by atoms with Gasteiger partial charge in [-0.25, -0.2) is 51.8 Å². The van der Waals surface area contributed by atoms with Crippen molar-refractivity contribution in [1.82, 2.24) is 30.2 Å². The molecule has 4 aliphatic rings. The van der Waals surface area contributed by atoms with E-state index in [1.165, 1.54) is 18.3 Å². The fraction of sp³-hybridized carbons (Fsp3) is 0.410. The van der Waals surface area contributed by atoms with Gasteiger partial charge in [0.1, 0.15) is 39.3 Å². The number of rotatable bonds is 12. The van der Waals surface area contributed by atoms with Crippen LogP contribution in [0.2, 0.25) is 0 Å². The molecule has 4 fully saturated rings. The molecule has 0 bridgehead atoms. The fourth-order valence-electron chi connectivity index (χ4n) is 11.5. The molecule has 2 aromatic carbocycles. The van der Waals surface area contributed by atoms with E-state index in [4.69, 9.17) is 15.3 Å². The van der Waals surface area contributed by atoms with Crippen LogP contribution in [0.15, 0.2) is 107 Å². The molecule has 0 aliphatic carbocycles. The Labute approximate surface area is 493 Å². The van der Waals surface area contributed by atoms with E-state index < -0.39 is 26.0 Å². The molecule has 442 valence electrons. The van der Waals surface area contributed by atoms with Crippen LogP contribution in [0.25, 0.3) is 0 Å². The minimum Gasteiger partial charge on any atom is -0.477 e. The first-order valence-electron chi connectivity index (χ1n) is 28.3. The predicted octanol–water partition coefficient (Wildman–Crippen LogP) is 6.29. The highest BCUT2D eigenvalue weighted by Gasteiger charge is 2.30. The molecule has 4 aromatic heterocycles. The average molecular weight is 1180 g/mol. The SMILES string of the molecule is C[C@H]1CN(c2ncccc2S(N)(=O)=O)CCN1.Cc1cc(C)c(C(=O)N2CCN(c3ncccc3S(N)(=O)=O)CC2)nc1CC1CCN(c2ccccc2C#N)CC1.Cc1cc(C)c(C(=O)O)nc1CC1CCN(c2ccccc2C#N)CC1. The Morgan fingerprint density at radius 2 is 1.04 bits per heavy atom. The number of piperazine rings is 2. The van der Waals surface area contributed by atoms with Crippen LogP contribution in [0, 0.1) is 62.2 Å². The molecule has 0 saturated carbocycles. The van der Waals surface area contributed by atoms with Crippen LogP contribution in [0.1, 0.15) is 98.4 Å². The molecule has 8 heterocycles. The second-order valence-corrected chi connectivity index (χ2v) is 25.0. The first kappa shape index (κ1) is 62.0. The number of nitriles is 2. The van der Waals surface area contributed by atoms with Crippen molar-refractivity contribution in [1.29, 1.82) is 10.5 Å². The van der Waals surface area contributed by atoms with Crippen molar-refractivity contribution in [2.45, 2.75) is 89.0 Å². The van der Waals surface area contributed by atoms with Crippen molar-refractivity contribution < 1.29 is 31.5 Å². The number of primary sulfonamides is 2. The van der Waals surface area contributed by atoms with Crippen LogP contribution in [0.3, 0.4) is 0 Å². The van der Waals surface area contributed by atoms with E-state index in [1.54, 1.807) is 30.2 Å². The third-order valence-electron chi connectivity index (χ3n) is 16.0. The maximum Gasteiger partial charge on any atom is 0.354 e. The summed E-state index contributed by atoms with van der Waals surface area (Å²) in [5.74, 6) is 0.619. The number of hydrogen-bond acceptors (Lipinski definition) is 17. The fourth-order valence-corrected chi connectivity index (χ4v) is 12.9. The highest BCUT2D eigenvalue weighted by atomic mass is 32.2. The van der Waals surface area contributed by atoms with Crippen molar-refractivity contribution in [2.24, 2.45) is 22.1 Å². The minimum atomic E-state index is -3.91. The van der Waals surface area contributed by atoms with E-state index in [9.17, 15) is 42.1 Å². The Morgan fingerprint density at radius 1 is 0.595 bits per heavy atom. The first-order valence-corrected chi connectivity index (χ1v) is 31.4. The quantitative estimate of drug-likeness (QED) is 0.105. The molecule has 84 heavy (non-hydrogen) atoms. The van der Waals surface area contributed by atoms with Gasteiger partial charge in [0.05, 0.1) is 22.5 Å². The van der Waals surface area contributed by atoms with Crippen molar-refractivity contribution in [3.63, 3.8) is 0 Å². The number of sulfonamides is 2. The van der Waals surface area contributed by atoms with Crippen LogP contribution in [-0.2, 0) is 32.9 Å². The number of aromatic nitrogens is 4. The van der Waals surface area contributed by atoms with Gasteiger partial charge in [-0.05, 0) is 156 Å². The number of carbonyl (C=O) groups is 2. The highest BCUT2D eigenvalue weighted by molar-refractivity contribution is 7.89. The third kappa shape index (κ3) is 15.4. The summed E-state index contributed by atoms with van der Waals surface area (Å²) in [4.78, 5) is 52.8. The number of nitrogens with one attached hydrogen (secondary N) is 1. The molecule has 0 unspecified atom stereocenters. The zero-order valence-corrected chi connectivity index (χ0v) is 49.9. The number of carbonyl (C=O) groups excluding carboxylic acids is 1. The number of hydrogen-bond donors (Lipinski definition) is 4. The van der Waals surface area contributed by atoms with Gasteiger partial charge in [0.2, 0.25) is 20.0 Å². The van der Waals surface area contributed by atoms with Gasteiger partial charge in [0.25, 0.3) is 5.91 Å². The lowest BCUT2D eigenvalue weighted by molar-refractivity contribution is 0.0687. The maximum absolute atomic E-state index is 13.6. The minimum absolute atomic E-state index is 0.0134. The molecule has 0 spiro atoms. The van der Waals surface area contributed by atoms with Gasteiger partial charge in [0.15, 0.2) is 5.69 Å². The Bertz CT molecular complexity index is 3660. The number of piperidine rings is 2. The number of amides is 1. The summed E-state index contributed by atoms with van der Waals surface area (Å²) in [6.45, 7) is 17.4. The monoisotopic (exact) mass is 1180 g/mol. The molecular formula is C61H74N14O7S2. The number of carboxylic acids is 1. The average Bonchev–Trinajstić information content (AvgIpc) is 3.62. The molecule has 1 amide bonds. The number of aromatic carboxylic acids is 1.